The van der Waals surface area contributed by atoms with Crippen molar-refractivity contribution in [3.05, 3.63) is 54.2 Å². The molecule has 1 saturated heterocycles. The van der Waals surface area contributed by atoms with Gasteiger partial charge in [-0.05, 0) is 30.2 Å². The number of carbonyl (C=O) groups excluding carboxylic acids is 2. The predicted octanol–water partition coefficient (Wildman–Crippen LogP) is 1.71. The molecule has 0 saturated carbocycles. The Balaban J connectivity index is 1.68. The summed E-state index contributed by atoms with van der Waals surface area (Å²) >= 11 is 0. The maximum absolute atomic E-state index is 14.0. The van der Waals surface area contributed by atoms with E-state index in [1.807, 2.05) is 0 Å². The van der Waals surface area contributed by atoms with E-state index in [-0.39, 0.29) is 30.7 Å². The van der Waals surface area contributed by atoms with Gasteiger partial charge in [0.15, 0.2) is 5.76 Å². The van der Waals surface area contributed by atoms with E-state index in [4.69, 9.17) is 4.42 Å². The number of nitrogens with one attached hydrogen (secondary N) is 1. The van der Waals surface area contributed by atoms with Crippen LogP contribution in [0.4, 0.5) is 4.39 Å². The van der Waals surface area contributed by atoms with Crippen LogP contribution >= 0.6 is 0 Å². The quantitative estimate of drug-likeness (QED) is 0.742. The Hall–Kier alpha value is -2.72. The summed E-state index contributed by atoms with van der Waals surface area (Å²) in [5.41, 5.74) is 0. The molecule has 1 aromatic carbocycles. The number of sulfonamides is 1. The summed E-state index contributed by atoms with van der Waals surface area (Å²) in [5.74, 6) is -1.68. The number of amides is 2. The minimum absolute atomic E-state index is 0.229. The molecule has 162 valence electrons. The summed E-state index contributed by atoms with van der Waals surface area (Å²) in [7, 11) is -4.22. The molecule has 1 aliphatic heterocycles. The van der Waals surface area contributed by atoms with Gasteiger partial charge in [-0.25, -0.2) is 12.8 Å². The van der Waals surface area contributed by atoms with E-state index in [0.717, 1.165) is 12.1 Å². The Morgan fingerprint density at radius 3 is 2.23 bits per heavy atom. The SMILES string of the molecule is CC(C)[C@H](NS(=O)(=O)c1ccccc1F)C(=O)N1CCN(C(=O)c2ccco2)CC1. The van der Waals surface area contributed by atoms with Gasteiger partial charge in [0, 0.05) is 26.2 Å². The van der Waals surface area contributed by atoms with Crippen LogP contribution in [0.25, 0.3) is 0 Å². The predicted molar refractivity (Wildman–Crippen MR) is 107 cm³/mol. The molecule has 8 nitrogen and oxygen atoms in total. The number of furan rings is 1. The lowest BCUT2D eigenvalue weighted by molar-refractivity contribution is -0.135. The van der Waals surface area contributed by atoms with Crippen LogP contribution < -0.4 is 4.72 Å². The van der Waals surface area contributed by atoms with Crippen molar-refractivity contribution in [3.63, 3.8) is 0 Å². The van der Waals surface area contributed by atoms with Gasteiger partial charge in [-0.15, -0.1) is 0 Å². The van der Waals surface area contributed by atoms with Crippen LogP contribution in [0.5, 0.6) is 0 Å². The van der Waals surface area contributed by atoms with Gasteiger partial charge in [-0.3, -0.25) is 9.59 Å². The average molecular weight is 437 g/mol. The van der Waals surface area contributed by atoms with E-state index >= 15 is 0 Å². The van der Waals surface area contributed by atoms with Crippen molar-refractivity contribution < 1.29 is 26.8 Å². The molecular formula is C20H24FN3O5S. The van der Waals surface area contributed by atoms with Crippen molar-refractivity contribution in [1.29, 1.82) is 0 Å². The highest BCUT2D eigenvalue weighted by Gasteiger charge is 2.34. The van der Waals surface area contributed by atoms with Crippen molar-refractivity contribution in [2.24, 2.45) is 5.92 Å². The molecule has 1 atom stereocenters. The Bertz CT molecular complexity index is 999. The highest BCUT2D eigenvalue weighted by Crippen LogP contribution is 2.17. The fourth-order valence-electron chi connectivity index (χ4n) is 3.25. The van der Waals surface area contributed by atoms with E-state index in [1.165, 1.54) is 23.3 Å². The van der Waals surface area contributed by atoms with Gasteiger partial charge in [-0.2, -0.15) is 4.72 Å². The fourth-order valence-corrected chi connectivity index (χ4v) is 4.66. The monoisotopic (exact) mass is 437 g/mol. The number of rotatable bonds is 6. The second kappa shape index (κ2) is 8.97. The van der Waals surface area contributed by atoms with Crippen LogP contribution in [-0.4, -0.2) is 62.3 Å². The largest absolute Gasteiger partial charge is 0.459 e. The molecule has 2 heterocycles. The number of carbonyl (C=O) groups is 2. The number of benzene rings is 1. The van der Waals surface area contributed by atoms with Gasteiger partial charge >= 0.3 is 0 Å². The summed E-state index contributed by atoms with van der Waals surface area (Å²) in [5, 5.41) is 0. The summed E-state index contributed by atoms with van der Waals surface area (Å²) in [6, 6.07) is 7.16. The Morgan fingerprint density at radius 2 is 1.67 bits per heavy atom. The molecule has 0 radical (unpaired) electrons. The van der Waals surface area contributed by atoms with Gasteiger partial charge in [-0.1, -0.05) is 26.0 Å². The van der Waals surface area contributed by atoms with Gasteiger partial charge in [0.25, 0.3) is 5.91 Å². The Labute approximate surface area is 174 Å². The second-order valence-electron chi connectivity index (χ2n) is 7.37. The van der Waals surface area contributed by atoms with E-state index < -0.39 is 32.7 Å². The third kappa shape index (κ3) is 4.71. The number of nitrogens with zero attached hydrogens (tertiary/aromatic N) is 2. The molecule has 1 aromatic heterocycles. The lowest BCUT2D eigenvalue weighted by Crippen LogP contribution is -2.57. The topological polar surface area (TPSA) is 99.9 Å². The lowest BCUT2D eigenvalue weighted by atomic mass is 10.0. The molecule has 0 spiro atoms. The molecule has 1 aliphatic rings. The minimum Gasteiger partial charge on any atom is -0.459 e. The van der Waals surface area contributed by atoms with Gasteiger partial charge in [0.2, 0.25) is 15.9 Å². The first-order chi connectivity index (χ1) is 14.2. The van der Waals surface area contributed by atoms with Crippen LogP contribution in [0.15, 0.2) is 52.0 Å². The van der Waals surface area contributed by atoms with Crippen LogP contribution in [0.1, 0.15) is 24.4 Å². The summed E-state index contributed by atoms with van der Waals surface area (Å²) < 4.78 is 46.7. The zero-order chi connectivity index (χ0) is 21.9. The molecule has 2 amide bonds. The Kier molecular flexibility index (Phi) is 6.57. The first kappa shape index (κ1) is 22.0. The summed E-state index contributed by atoms with van der Waals surface area (Å²) in [4.78, 5) is 28.0. The normalized spacial score (nSPS) is 16.0. The zero-order valence-electron chi connectivity index (χ0n) is 16.7. The smallest absolute Gasteiger partial charge is 0.289 e. The number of halogens is 1. The van der Waals surface area contributed by atoms with Crippen molar-refractivity contribution in [1.82, 2.24) is 14.5 Å². The molecule has 1 fully saturated rings. The third-order valence-electron chi connectivity index (χ3n) is 4.95. The van der Waals surface area contributed by atoms with E-state index in [1.54, 1.807) is 30.9 Å². The minimum atomic E-state index is -4.22. The van der Waals surface area contributed by atoms with Crippen molar-refractivity contribution in [2.45, 2.75) is 24.8 Å². The van der Waals surface area contributed by atoms with E-state index in [9.17, 15) is 22.4 Å². The molecule has 2 aromatic rings. The maximum Gasteiger partial charge on any atom is 0.289 e. The zero-order valence-corrected chi connectivity index (χ0v) is 17.6. The maximum atomic E-state index is 14.0. The van der Waals surface area contributed by atoms with E-state index in [0.29, 0.717) is 13.1 Å². The standard InChI is InChI=1S/C20H24FN3O5S/c1-14(2)18(22-30(27,28)17-8-4-3-6-15(17)21)20(26)24-11-9-23(10-12-24)19(25)16-7-5-13-29-16/h3-8,13-14,18,22H,9-12H2,1-2H3/t18-/m0/s1. The summed E-state index contributed by atoms with van der Waals surface area (Å²) in [6.07, 6.45) is 1.42. The van der Waals surface area contributed by atoms with Crippen molar-refractivity contribution in [3.8, 4) is 0 Å². The molecule has 0 bridgehead atoms. The van der Waals surface area contributed by atoms with Crippen LogP contribution in [0.3, 0.4) is 0 Å². The molecule has 0 unspecified atom stereocenters. The van der Waals surface area contributed by atoms with Gasteiger partial charge in [0.05, 0.1) is 6.26 Å². The van der Waals surface area contributed by atoms with Gasteiger partial charge < -0.3 is 14.2 Å². The number of hydrogen-bond acceptors (Lipinski definition) is 5. The highest BCUT2D eigenvalue weighted by atomic mass is 32.2. The second-order valence-corrected chi connectivity index (χ2v) is 9.05. The van der Waals surface area contributed by atoms with Gasteiger partial charge in [0.1, 0.15) is 16.8 Å². The molecule has 10 heteroatoms. The average Bonchev–Trinajstić information content (AvgIpc) is 3.26. The van der Waals surface area contributed by atoms with Crippen LogP contribution in [-0.2, 0) is 14.8 Å². The molecular weight excluding hydrogens is 413 g/mol. The number of piperazine rings is 1. The first-order valence-corrected chi connectivity index (χ1v) is 11.1. The van der Waals surface area contributed by atoms with Crippen molar-refractivity contribution >= 4 is 21.8 Å². The van der Waals surface area contributed by atoms with E-state index in [2.05, 4.69) is 4.72 Å². The summed E-state index contributed by atoms with van der Waals surface area (Å²) in [6.45, 7) is 4.55. The molecule has 1 N–H and O–H groups in total. The lowest BCUT2D eigenvalue weighted by Gasteiger charge is -2.37. The molecule has 30 heavy (non-hydrogen) atoms. The third-order valence-corrected chi connectivity index (χ3v) is 6.43. The molecule has 0 aliphatic carbocycles. The molecule has 3 rings (SSSR count). The first-order valence-electron chi connectivity index (χ1n) is 9.59. The fraction of sp³-hybridized carbons (Fsp3) is 0.400. The van der Waals surface area contributed by atoms with Crippen LogP contribution in [0, 0.1) is 11.7 Å². The highest BCUT2D eigenvalue weighted by molar-refractivity contribution is 7.89. The van der Waals surface area contributed by atoms with Crippen molar-refractivity contribution in [2.75, 3.05) is 26.2 Å². The Morgan fingerprint density at radius 1 is 1.03 bits per heavy atom. The van der Waals surface area contributed by atoms with Crippen LogP contribution in [0.2, 0.25) is 0 Å². The number of hydrogen-bond donors (Lipinski definition) is 1.